The molecule has 0 spiro atoms. The molecular weight excluding hydrogens is 209 g/mol. The van der Waals surface area contributed by atoms with E-state index in [4.69, 9.17) is 5.11 Å². The van der Waals surface area contributed by atoms with E-state index in [2.05, 4.69) is 0 Å². The van der Waals surface area contributed by atoms with Crippen LogP contribution in [0.25, 0.3) is 0 Å². The van der Waals surface area contributed by atoms with Crippen molar-refractivity contribution in [3.8, 4) is 0 Å². The second-order valence-corrected chi connectivity index (χ2v) is 4.18. The maximum Gasteiger partial charge on any atom is 0.306 e. The van der Waals surface area contributed by atoms with E-state index in [-0.39, 0.29) is 6.54 Å². The van der Waals surface area contributed by atoms with Gasteiger partial charge in [0.25, 0.3) is 0 Å². The Balaban J connectivity index is 2.64. The average molecular weight is 225 g/mol. The predicted molar refractivity (Wildman–Crippen MR) is 61.5 cm³/mol. The maximum atomic E-state index is 13.9. The first-order valence-electron chi connectivity index (χ1n) is 5.08. The smallest absolute Gasteiger partial charge is 0.306 e. The third-order valence-corrected chi connectivity index (χ3v) is 2.28. The van der Waals surface area contributed by atoms with E-state index in [1.165, 1.54) is 6.92 Å². The number of nitrogens with zero attached hydrogens (tertiary/aromatic N) is 1. The summed E-state index contributed by atoms with van der Waals surface area (Å²) in [6.45, 7) is 1.36. The largest absolute Gasteiger partial charge is 0.481 e. The van der Waals surface area contributed by atoms with Gasteiger partial charge in [-0.2, -0.15) is 0 Å². The summed E-state index contributed by atoms with van der Waals surface area (Å²) in [5, 5.41) is 8.57. The Labute approximate surface area is 94.5 Å². The first-order chi connectivity index (χ1) is 7.41. The van der Waals surface area contributed by atoms with Crippen LogP contribution in [0, 0.1) is 0 Å². The van der Waals surface area contributed by atoms with Gasteiger partial charge in [0.15, 0.2) is 0 Å². The normalized spacial score (nSPS) is 14.2. The van der Waals surface area contributed by atoms with Gasteiger partial charge in [0.1, 0.15) is 5.67 Å². The van der Waals surface area contributed by atoms with Crippen molar-refractivity contribution in [2.24, 2.45) is 0 Å². The van der Waals surface area contributed by atoms with Crippen LogP contribution in [0.2, 0.25) is 0 Å². The summed E-state index contributed by atoms with van der Waals surface area (Å²) in [4.78, 5) is 12.2. The zero-order valence-electron chi connectivity index (χ0n) is 9.48. The molecule has 4 heteroatoms. The van der Waals surface area contributed by atoms with Gasteiger partial charge in [0.2, 0.25) is 0 Å². The topological polar surface area (TPSA) is 40.5 Å². The second-order valence-electron chi connectivity index (χ2n) is 4.18. The molecule has 0 radical (unpaired) electrons. The zero-order valence-corrected chi connectivity index (χ0v) is 9.48. The molecule has 0 amide bonds. The van der Waals surface area contributed by atoms with Crippen molar-refractivity contribution in [3.05, 3.63) is 30.3 Å². The van der Waals surface area contributed by atoms with E-state index < -0.39 is 18.1 Å². The molecule has 1 unspecified atom stereocenters. The lowest BCUT2D eigenvalue weighted by atomic mass is 10.0. The Morgan fingerprint density at radius 1 is 1.44 bits per heavy atom. The number of hydrogen-bond donors (Lipinski definition) is 1. The minimum Gasteiger partial charge on any atom is -0.481 e. The molecule has 0 bridgehead atoms. The lowest BCUT2D eigenvalue weighted by molar-refractivity contribution is -0.139. The van der Waals surface area contributed by atoms with Crippen molar-refractivity contribution in [1.82, 2.24) is 0 Å². The van der Waals surface area contributed by atoms with Crippen molar-refractivity contribution in [2.75, 3.05) is 18.5 Å². The highest BCUT2D eigenvalue weighted by Gasteiger charge is 2.28. The van der Waals surface area contributed by atoms with E-state index in [0.717, 1.165) is 5.69 Å². The fraction of sp³-hybridized carbons (Fsp3) is 0.417. The zero-order chi connectivity index (χ0) is 12.2. The second kappa shape index (κ2) is 4.96. The first kappa shape index (κ1) is 12.5. The predicted octanol–water partition coefficient (Wildman–Crippen LogP) is 2.33. The summed E-state index contributed by atoms with van der Waals surface area (Å²) in [5.74, 6) is -1.12. The number of anilines is 1. The van der Waals surface area contributed by atoms with Crippen molar-refractivity contribution < 1.29 is 14.3 Å². The van der Waals surface area contributed by atoms with Crippen LogP contribution in [0.3, 0.4) is 0 Å². The van der Waals surface area contributed by atoms with Gasteiger partial charge in [-0.1, -0.05) is 18.2 Å². The minimum absolute atomic E-state index is 0.0588. The molecule has 1 rings (SSSR count). The number of para-hydroxylation sites is 1. The van der Waals surface area contributed by atoms with Crippen LogP contribution in [-0.2, 0) is 4.79 Å². The Bertz CT molecular complexity index is 351. The number of halogens is 1. The van der Waals surface area contributed by atoms with Gasteiger partial charge < -0.3 is 10.0 Å². The third kappa shape index (κ3) is 3.88. The highest BCUT2D eigenvalue weighted by Crippen LogP contribution is 2.20. The summed E-state index contributed by atoms with van der Waals surface area (Å²) in [6, 6.07) is 9.31. The molecule has 0 heterocycles. The third-order valence-electron chi connectivity index (χ3n) is 2.28. The number of carbonyl (C=O) groups is 1. The van der Waals surface area contributed by atoms with E-state index in [0.29, 0.717) is 0 Å². The van der Waals surface area contributed by atoms with Crippen LogP contribution in [-0.4, -0.2) is 30.3 Å². The lowest BCUT2D eigenvalue weighted by Gasteiger charge is -2.27. The van der Waals surface area contributed by atoms with E-state index in [9.17, 15) is 9.18 Å². The quantitative estimate of drug-likeness (QED) is 0.836. The molecular formula is C12H16FNO2. The molecule has 1 aromatic carbocycles. The number of alkyl halides is 1. The fourth-order valence-electron chi connectivity index (χ4n) is 1.64. The number of rotatable bonds is 5. The highest BCUT2D eigenvalue weighted by molar-refractivity contribution is 5.68. The Morgan fingerprint density at radius 3 is 2.50 bits per heavy atom. The number of hydrogen-bond acceptors (Lipinski definition) is 2. The molecule has 0 aromatic heterocycles. The van der Waals surface area contributed by atoms with Gasteiger partial charge >= 0.3 is 5.97 Å². The SMILES string of the molecule is CN(CC(C)(F)CC(=O)O)c1ccccc1. The van der Waals surface area contributed by atoms with Crippen LogP contribution in [0.5, 0.6) is 0 Å². The van der Waals surface area contributed by atoms with Crippen LogP contribution in [0.15, 0.2) is 30.3 Å². The summed E-state index contributed by atoms with van der Waals surface area (Å²) in [6.07, 6.45) is -0.482. The van der Waals surface area contributed by atoms with Crippen LogP contribution >= 0.6 is 0 Å². The fourth-order valence-corrected chi connectivity index (χ4v) is 1.64. The molecule has 0 aliphatic carbocycles. The molecule has 1 aromatic rings. The molecule has 0 fully saturated rings. The first-order valence-corrected chi connectivity index (χ1v) is 5.08. The Morgan fingerprint density at radius 2 is 2.00 bits per heavy atom. The molecule has 88 valence electrons. The highest BCUT2D eigenvalue weighted by atomic mass is 19.1. The molecule has 16 heavy (non-hydrogen) atoms. The lowest BCUT2D eigenvalue weighted by Crippen LogP contribution is -2.37. The van der Waals surface area contributed by atoms with E-state index in [1.54, 1.807) is 11.9 Å². The summed E-state index contributed by atoms with van der Waals surface area (Å²) in [5.41, 5.74) is -0.854. The minimum atomic E-state index is -1.73. The van der Waals surface area contributed by atoms with Gasteiger partial charge in [-0.05, 0) is 19.1 Å². The standard InChI is InChI=1S/C12H16FNO2/c1-12(13,8-11(15)16)9-14(2)10-6-4-3-5-7-10/h3-7H,8-9H2,1-2H3,(H,15,16). The van der Waals surface area contributed by atoms with E-state index in [1.807, 2.05) is 30.3 Å². The van der Waals surface area contributed by atoms with Gasteiger partial charge in [0, 0.05) is 12.7 Å². The van der Waals surface area contributed by atoms with Gasteiger partial charge in [-0.25, -0.2) is 4.39 Å². The van der Waals surface area contributed by atoms with Crippen LogP contribution < -0.4 is 4.90 Å². The summed E-state index contributed by atoms with van der Waals surface area (Å²) < 4.78 is 13.9. The van der Waals surface area contributed by atoms with Crippen molar-refractivity contribution in [3.63, 3.8) is 0 Å². The van der Waals surface area contributed by atoms with Gasteiger partial charge in [0.05, 0.1) is 13.0 Å². The van der Waals surface area contributed by atoms with Crippen molar-refractivity contribution in [1.29, 1.82) is 0 Å². The Kier molecular flexibility index (Phi) is 3.88. The van der Waals surface area contributed by atoms with Gasteiger partial charge in [-0.15, -0.1) is 0 Å². The van der Waals surface area contributed by atoms with Crippen LogP contribution in [0.1, 0.15) is 13.3 Å². The average Bonchev–Trinajstić information content (AvgIpc) is 2.16. The van der Waals surface area contributed by atoms with Crippen LogP contribution in [0.4, 0.5) is 10.1 Å². The van der Waals surface area contributed by atoms with Gasteiger partial charge in [-0.3, -0.25) is 4.79 Å². The molecule has 3 nitrogen and oxygen atoms in total. The Hall–Kier alpha value is -1.58. The van der Waals surface area contributed by atoms with Crippen molar-refractivity contribution >= 4 is 11.7 Å². The molecule has 1 N–H and O–H groups in total. The van der Waals surface area contributed by atoms with E-state index >= 15 is 0 Å². The number of carboxylic acids is 1. The molecule has 0 saturated carbocycles. The number of carboxylic acid groups (broad SMARTS) is 1. The molecule has 0 aliphatic rings. The molecule has 0 aliphatic heterocycles. The molecule has 1 atom stereocenters. The molecule has 0 saturated heterocycles. The van der Waals surface area contributed by atoms with Crippen molar-refractivity contribution in [2.45, 2.75) is 19.0 Å². The number of benzene rings is 1. The summed E-state index contributed by atoms with van der Waals surface area (Å²) >= 11 is 0. The number of aliphatic carboxylic acids is 1. The summed E-state index contributed by atoms with van der Waals surface area (Å²) in [7, 11) is 1.75. The maximum absolute atomic E-state index is 13.9. The monoisotopic (exact) mass is 225 g/mol.